The summed E-state index contributed by atoms with van der Waals surface area (Å²) in [6.07, 6.45) is 0. The first-order valence-corrected chi connectivity index (χ1v) is 8.00. The van der Waals surface area contributed by atoms with Gasteiger partial charge in [0.2, 0.25) is 0 Å². The zero-order valence-corrected chi connectivity index (χ0v) is 14.2. The summed E-state index contributed by atoms with van der Waals surface area (Å²) in [7, 11) is 0. The molecule has 2 aromatic rings. The van der Waals surface area contributed by atoms with Gasteiger partial charge in [-0.15, -0.1) is 0 Å². The maximum atomic E-state index is 12.8. The van der Waals surface area contributed by atoms with Gasteiger partial charge in [0, 0.05) is 12.2 Å². The van der Waals surface area contributed by atoms with Gasteiger partial charge >= 0.3 is 11.8 Å². The van der Waals surface area contributed by atoms with Crippen LogP contribution in [-0.4, -0.2) is 18.4 Å². The molecule has 0 saturated carbocycles. The van der Waals surface area contributed by atoms with E-state index in [-0.39, 0.29) is 12.4 Å². The highest BCUT2D eigenvalue weighted by atomic mass is 19.1. The van der Waals surface area contributed by atoms with E-state index >= 15 is 0 Å². The van der Waals surface area contributed by atoms with Crippen LogP contribution in [0.1, 0.15) is 19.4 Å². The van der Waals surface area contributed by atoms with Gasteiger partial charge in [0.25, 0.3) is 0 Å². The third kappa shape index (κ3) is 6.25. The molecule has 0 atom stereocenters. The van der Waals surface area contributed by atoms with Crippen LogP contribution in [0.25, 0.3) is 0 Å². The highest BCUT2D eigenvalue weighted by Gasteiger charge is 2.13. The largest absolute Gasteiger partial charge is 0.493 e. The van der Waals surface area contributed by atoms with Crippen LogP contribution in [-0.2, 0) is 16.1 Å². The van der Waals surface area contributed by atoms with Crippen LogP contribution >= 0.6 is 0 Å². The van der Waals surface area contributed by atoms with E-state index in [4.69, 9.17) is 4.74 Å². The Labute approximate surface area is 146 Å². The number of hydrogen-bond donors (Lipinski definition) is 2. The van der Waals surface area contributed by atoms with Gasteiger partial charge in [-0.2, -0.15) is 0 Å². The summed E-state index contributed by atoms with van der Waals surface area (Å²) in [6.45, 7) is 4.87. The predicted molar refractivity (Wildman–Crippen MR) is 93.7 cm³/mol. The van der Waals surface area contributed by atoms with Crippen LogP contribution in [0.5, 0.6) is 5.75 Å². The van der Waals surface area contributed by atoms with E-state index in [1.54, 1.807) is 36.4 Å². The molecule has 0 radical (unpaired) electrons. The van der Waals surface area contributed by atoms with E-state index in [2.05, 4.69) is 24.5 Å². The number of hydrogen-bond acceptors (Lipinski definition) is 3. The molecule has 25 heavy (non-hydrogen) atoms. The number of anilines is 1. The molecule has 0 heterocycles. The second-order valence-corrected chi connectivity index (χ2v) is 5.99. The van der Waals surface area contributed by atoms with E-state index in [0.29, 0.717) is 29.5 Å². The quantitative estimate of drug-likeness (QED) is 0.791. The Hall–Kier alpha value is -2.89. The third-order valence-electron chi connectivity index (χ3n) is 3.27. The van der Waals surface area contributed by atoms with Crippen LogP contribution in [0, 0.1) is 11.7 Å². The van der Waals surface area contributed by atoms with E-state index in [0.717, 1.165) is 0 Å². The van der Waals surface area contributed by atoms with Crippen LogP contribution < -0.4 is 15.4 Å². The molecule has 2 amide bonds. The van der Waals surface area contributed by atoms with Gasteiger partial charge in [-0.05, 0) is 47.9 Å². The summed E-state index contributed by atoms with van der Waals surface area (Å²) in [4.78, 5) is 23.7. The van der Waals surface area contributed by atoms with E-state index in [1.165, 1.54) is 12.1 Å². The van der Waals surface area contributed by atoms with Crippen LogP contribution in [0.3, 0.4) is 0 Å². The van der Waals surface area contributed by atoms with Crippen molar-refractivity contribution < 1.29 is 18.7 Å². The molecule has 0 aliphatic carbocycles. The number of ether oxygens (including phenoxy) is 1. The van der Waals surface area contributed by atoms with Gasteiger partial charge in [-0.3, -0.25) is 9.59 Å². The van der Waals surface area contributed by atoms with Crippen molar-refractivity contribution in [2.45, 2.75) is 20.4 Å². The zero-order valence-electron chi connectivity index (χ0n) is 14.2. The normalized spacial score (nSPS) is 10.4. The maximum Gasteiger partial charge on any atom is 0.313 e. The van der Waals surface area contributed by atoms with E-state index < -0.39 is 11.8 Å². The Kier molecular flexibility index (Phi) is 6.51. The van der Waals surface area contributed by atoms with Gasteiger partial charge in [0.05, 0.1) is 6.61 Å². The van der Waals surface area contributed by atoms with Gasteiger partial charge in [-0.1, -0.05) is 26.0 Å². The summed E-state index contributed by atoms with van der Waals surface area (Å²) in [5.74, 6) is -0.757. The summed E-state index contributed by atoms with van der Waals surface area (Å²) in [5.41, 5.74) is 1.20. The molecular formula is C19H21FN2O3. The predicted octanol–water partition coefficient (Wildman–Crippen LogP) is 3.12. The lowest BCUT2D eigenvalue weighted by Crippen LogP contribution is -2.34. The molecule has 0 unspecified atom stereocenters. The second-order valence-electron chi connectivity index (χ2n) is 5.99. The first-order valence-electron chi connectivity index (χ1n) is 8.00. The number of nitrogens with one attached hydrogen (secondary N) is 2. The third-order valence-corrected chi connectivity index (χ3v) is 3.27. The molecule has 0 aliphatic rings. The number of rotatable bonds is 6. The van der Waals surface area contributed by atoms with Gasteiger partial charge in [-0.25, -0.2) is 4.39 Å². The number of benzene rings is 2. The Morgan fingerprint density at radius 2 is 1.64 bits per heavy atom. The number of halogens is 1. The van der Waals surface area contributed by atoms with Crippen molar-refractivity contribution >= 4 is 17.5 Å². The standard InChI is InChI=1S/C19H21FN2O3/c1-13(2)12-25-17-9-7-16(8-10-17)22-19(24)18(23)21-11-14-3-5-15(20)6-4-14/h3-10,13H,11-12H2,1-2H3,(H,21,23)(H,22,24). The van der Waals surface area contributed by atoms with E-state index in [1.807, 2.05) is 0 Å². The summed E-state index contributed by atoms with van der Waals surface area (Å²) < 4.78 is 18.4. The van der Waals surface area contributed by atoms with Crippen molar-refractivity contribution in [3.63, 3.8) is 0 Å². The van der Waals surface area contributed by atoms with Gasteiger partial charge in [0.1, 0.15) is 11.6 Å². The van der Waals surface area contributed by atoms with Crippen LogP contribution in [0.4, 0.5) is 10.1 Å². The highest BCUT2D eigenvalue weighted by Crippen LogP contribution is 2.16. The minimum Gasteiger partial charge on any atom is -0.493 e. The summed E-state index contributed by atoms with van der Waals surface area (Å²) >= 11 is 0. The fourth-order valence-corrected chi connectivity index (χ4v) is 1.95. The lowest BCUT2D eigenvalue weighted by molar-refractivity contribution is -0.136. The Bertz CT molecular complexity index is 712. The van der Waals surface area contributed by atoms with E-state index in [9.17, 15) is 14.0 Å². The van der Waals surface area contributed by atoms with Crippen molar-refractivity contribution in [1.82, 2.24) is 5.32 Å². The Morgan fingerprint density at radius 3 is 2.24 bits per heavy atom. The van der Waals surface area contributed by atoms with Crippen LogP contribution in [0.2, 0.25) is 0 Å². The number of carbonyl (C=O) groups excluding carboxylic acids is 2. The molecule has 0 spiro atoms. The topological polar surface area (TPSA) is 67.4 Å². The molecule has 2 aromatic carbocycles. The molecule has 0 aromatic heterocycles. The molecular weight excluding hydrogens is 323 g/mol. The second kappa shape index (κ2) is 8.82. The van der Waals surface area contributed by atoms with Crippen molar-refractivity contribution in [3.05, 3.63) is 59.9 Å². The first kappa shape index (κ1) is 18.4. The molecule has 0 bridgehead atoms. The molecule has 0 aliphatic heterocycles. The molecule has 6 heteroatoms. The lowest BCUT2D eigenvalue weighted by atomic mass is 10.2. The zero-order chi connectivity index (χ0) is 18.2. The van der Waals surface area contributed by atoms with Gasteiger partial charge < -0.3 is 15.4 Å². The average Bonchev–Trinajstić information content (AvgIpc) is 2.60. The molecule has 5 nitrogen and oxygen atoms in total. The molecule has 0 fully saturated rings. The average molecular weight is 344 g/mol. The first-order chi connectivity index (χ1) is 11.9. The summed E-state index contributed by atoms with van der Waals surface area (Å²) in [5, 5.41) is 5.00. The van der Waals surface area contributed by atoms with Crippen molar-refractivity contribution in [3.8, 4) is 5.75 Å². The lowest BCUT2D eigenvalue weighted by Gasteiger charge is -2.10. The number of carbonyl (C=O) groups is 2. The highest BCUT2D eigenvalue weighted by molar-refractivity contribution is 6.39. The SMILES string of the molecule is CC(C)COc1ccc(NC(=O)C(=O)NCc2ccc(F)cc2)cc1. The minimum absolute atomic E-state index is 0.147. The summed E-state index contributed by atoms with van der Waals surface area (Å²) in [6, 6.07) is 12.5. The fraction of sp³-hybridized carbons (Fsp3) is 0.263. The Balaban J connectivity index is 1.81. The molecule has 2 rings (SSSR count). The van der Waals surface area contributed by atoms with Gasteiger partial charge in [0.15, 0.2) is 0 Å². The molecule has 0 saturated heterocycles. The van der Waals surface area contributed by atoms with Crippen molar-refractivity contribution in [2.24, 2.45) is 5.92 Å². The minimum atomic E-state index is -0.766. The molecule has 132 valence electrons. The van der Waals surface area contributed by atoms with Crippen LogP contribution in [0.15, 0.2) is 48.5 Å². The van der Waals surface area contributed by atoms with Crippen molar-refractivity contribution in [2.75, 3.05) is 11.9 Å². The molecule has 2 N–H and O–H groups in total. The monoisotopic (exact) mass is 344 g/mol. The fourth-order valence-electron chi connectivity index (χ4n) is 1.95. The Morgan fingerprint density at radius 1 is 1.00 bits per heavy atom. The smallest absolute Gasteiger partial charge is 0.313 e. The number of amides is 2. The maximum absolute atomic E-state index is 12.8. The van der Waals surface area contributed by atoms with Crippen molar-refractivity contribution in [1.29, 1.82) is 0 Å².